The summed E-state index contributed by atoms with van der Waals surface area (Å²) in [5.41, 5.74) is 0.786. The van der Waals surface area contributed by atoms with Crippen LogP contribution in [0, 0.1) is 0 Å². The Morgan fingerprint density at radius 2 is 1.87 bits per heavy atom. The van der Waals surface area contributed by atoms with E-state index in [-0.39, 0.29) is 18.2 Å². The molecular formula is C18H28ClNO3. The van der Waals surface area contributed by atoms with E-state index in [4.69, 9.17) is 9.47 Å². The minimum absolute atomic E-state index is 0. The molecule has 0 bridgehead atoms. The Labute approximate surface area is 145 Å². The lowest BCUT2D eigenvalue weighted by molar-refractivity contribution is -0.907. The van der Waals surface area contributed by atoms with Gasteiger partial charge in [-0.25, -0.2) is 0 Å². The molecule has 1 aromatic carbocycles. The Balaban J connectivity index is 0.00000264. The van der Waals surface area contributed by atoms with E-state index in [2.05, 4.69) is 6.92 Å². The summed E-state index contributed by atoms with van der Waals surface area (Å²) in [7, 11) is 0. The number of morpholine rings is 1. The molecule has 0 aromatic heterocycles. The average Bonchev–Trinajstić information content (AvgIpc) is 2.58. The van der Waals surface area contributed by atoms with Gasteiger partial charge < -0.3 is 26.8 Å². The minimum Gasteiger partial charge on any atom is -1.00 e. The van der Waals surface area contributed by atoms with Crippen molar-refractivity contribution in [1.82, 2.24) is 0 Å². The van der Waals surface area contributed by atoms with Crippen molar-refractivity contribution in [2.75, 3.05) is 39.5 Å². The van der Waals surface area contributed by atoms with Crippen LogP contribution >= 0.6 is 0 Å². The molecule has 0 unspecified atom stereocenters. The van der Waals surface area contributed by atoms with Gasteiger partial charge in [0.1, 0.15) is 18.8 Å². The van der Waals surface area contributed by atoms with Crippen LogP contribution in [0.25, 0.3) is 0 Å². The van der Waals surface area contributed by atoms with E-state index < -0.39 is 0 Å². The van der Waals surface area contributed by atoms with Crippen LogP contribution in [-0.4, -0.2) is 45.2 Å². The average molecular weight is 342 g/mol. The van der Waals surface area contributed by atoms with Crippen LogP contribution in [0.3, 0.4) is 0 Å². The zero-order valence-electron chi connectivity index (χ0n) is 14.0. The van der Waals surface area contributed by atoms with E-state index in [1.54, 1.807) is 0 Å². The van der Waals surface area contributed by atoms with Crippen molar-refractivity contribution in [2.24, 2.45) is 0 Å². The molecule has 23 heavy (non-hydrogen) atoms. The molecule has 5 heteroatoms. The molecule has 4 nitrogen and oxygen atoms in total. The van der Waals surface area contributed by atoms with Crippen molar-refractivity contribution in [1.29, 1.82) is 0 Å². The number of carbonyl (C=O) groups excluding carboxylic acids is 1. The zero-order chi connectivity index (χ0) is 15.6. The number of benzene rings is 1. The normalized spacial score (nSPS) is 15.0. The number of quaternary nitrogens is 1. The summed E-state index contributed by atoms with van der Waals surface area (Å²) in [5, 5.41) is 0. The lowest BCUT2D eigenvalue weighted by Gasteiger charge is -2.23. The van der Waals surface area contributed by atoms with Crippen LogP contribution < -0.4 is 22.0 Å². The number of ether oxygens (including phenoxy) is 2. The fourth-order valence-electron chi connectivity index (χ4n) is 2.62. The largest absolute Gasteiger partial charge is 1.00 e. The molecule has 1 heterocycles. The number of hydrogen-bond donors (Lipinski definition) is 1. The van der Waals surface area contributed by atoms with Gasteiger partial charge in [0.15, 0.2) is 5.78 Å². The molecule has 1 N–H and O–H groups in total. The zero-order valence-corrected chi connectivity index (χ0v) is 14.7. The molecule has 0 amide bonds. The summed E-state index contributed by atoms with van der Waals surface area (Å²) in [6.07, 6.45) is 4.08. The second-order valence-electron chi connectivity index (χ2n) is 5.87. The standard InChI is InChI=1S/C18H27NO3.ClH/c1-2-3-4-13-22-17-7-5-16(6-8-17)18(20)9-10-19-11-14-21-15-12-19;/h5-8H,2-4,9-15H2,1H3;1H. The molecule has 1 aliphatic rings. The molecule has 130 valence electrons. The maximum Gasteiger partial charge on any atom is 0.168 e. The molecule has 1 fully saturated rings. The number of unbranched alkanes of at least 4 members (excludes halogenated alkanes) is 2. The maximum absolute atomic E-state index is 12.2. The van der Waals surface area contributed by atoms with Gasteiger partial charge in [-0.2, -0.15) is 0 Å². The molecule has 2 rings (SSSR count). The van der Waals surface area contributed by atoms with Crippen molar-refractivity contribution < 1.29 is 31.6 Å². The van der Waals surface area contributed by atoms with Gasteiger partial charge in [0.25, 0.3) is 0 Å². The molecular weight excluding hydrogens is 314 g/mol. The summed E-state index contributed by atoms with van der Waals surface area (Å²) < 4.78 is 11.0. The summed E-state index contributed by atoms with van der Waals surface area (Å²) in [4.78, 5) is 13.7. The van der Waals surface area contributed by atoms with Gasteiger partial charge in [-0.3, -0.25) is 4.79 Å². The number of halogens is 1. The number of Topliss-reactive ketones (excluding diaryl/α,β-unsaturated/α-hetero) is 1. The highest BCUT2D eigenvalue weighted by molar-refractivity contribution is 5.96. The highest BCUT2D eigenvalue weighted by Gasteiger charge is 2.15. The predicted octanol–water partition coefficient (Wildman–Crippen LogP) is -1.25. The number of nitrogens with one attached hydrogen (secondary N) is 1. The molecule has 0 saturated carbocycles. The second-order valence-corrected chi connectivity index (χ2v) is 5.87. The van der Waals surface area contributed by atoms with Crippen LogP contribution in [-0.2, 0) is 4.74 Å². The van der Waals surface area contributed by atoms with Crippen LogP contribution in [0.1, 0.15) is 43.0 Å². The summed E-state index contributed by atoms with van der Waals surface area (Å²) in [6.45, 7) is 7.48. The smallest absolute Gasteiger partial charge is 0.168 e. The summed E-state index contributed by atoms with van der Waals surface area (Å²) in [6, 6.07) is 7.57. The first-order valence-electron chi connectivity index (χ1n) is 8.47. The maximum atomic E-state index is 12.2. The van der Waals surface area contributed by atoms with Gasteiger partial charge in [-0.1, -0.05) is 19.8 Å². The number of carbonyl (C=O) groups is 1. The van der Waals surface area contributed by atoms with Crippen LogP contribution in [0.5, 0.6) is 5.75 Å². The van der Waals surface area contributed by atoms with Gasteiger partial charge in [0.05, 0.1) is 32.8 Å². The van der Waals surface area contributed by atoms with E-state index in [1.165, 1.54) is 17.7 Å². The number of hydrogen-bond acceptors (Lipinski definition) is 3. The van der Waals surface area contributed by atoms with Gasteiger partial charge in [0.2, 0.25) is 0 Å². The fourth-order valence-corrected chi connectivity index (χ4v) is 2.62. The molecule has 1 saturated heterocycles. The van der Waals surface area contributed by atoms with Gasteiger partial charge in [-0.05, 0) is 30.7 Å². The lowest BCUT2D eigenvalue weighted by atomic mass is 10.1. The Morgan fingerprint density at radius 1 is 1.17 bits per heavy atom. The molecule has 0 aliphatic carbocycles. The molecule has 0 atom stereocenters. The van der Waals surface area contributed by atoms with Crippen molar-refractivity contribution in [2.45, 2.75) is 32.6 Å². The third-order valence-corrected chi connectivity index (χ3v) is 4.10. The van der Waals surface area contributed by atoms with Crippen molar-refractivity contribution in [3.63, 3.8) is 0 Å². The van der Waals surface area contributed by atoms with E-state index in [0.29, 0.717) is 6.42 Å². The first kappa shape index (κ1) is 19.9. The van der Waals surface area contributed by atoms with E-state index in [0.717, 1.165) is 57.2 Å². The fraction of sp³-hybridized carbons (Fsp3) is 0.611. The van der Waals surface area contributed by atoms with Crippen LogP contribution in [0.15, 0.2) is 24.3 Å². The van der Waals surface area contributed by atoms with Crippen molar-refractivity contribution >= 4 is 5.78 Å². The van der Waals surface area contributed by atoms with E-state index in [1.807, 2.05) is 24.3 Å². The van der Waals surface area contributed by atoms with Crippen molar-refractivity contribution in [3.8, 4) is 5.75 Å². The van der Waals surface area contributed by atoms with Gasteiger partial charge in [-0.15, -0.1) is 0 Å². The van der Waals surface area contributed by atoms with E-state index in [9.17, 15) is 4.79 Å². The Hall–Kier alpha value is -1.10. The van der Waals surface area contributed by atoms with E-state index >= 15 is 0 Å². The molecule has 0 spiro atoms. The Kier molecular flexibility index (Phi) is 9.92. The molecule has 0 radical (unpaired) electrons. The SMILES string of the molecule is CCCCCOc1ccc(C(=O)CC[NH+]2CCOCC2)cc1.[Cl-]. The highest BCUT2D eigenvalue weighted by atomic mass is 35.5. The van der Waals surface area contributed by atoms with Crippen LogP contribution in [0.4, 0.5) is 0 Å². The predicted molar refractivity (Wildman–Crippen MR) is 86.8 cm³/mol. The molecule has 1 aromatic rings. The number of rotatable bonds is 9. The van der Waals surface area contributed by atoms with Gasteiger partial charge >= 0.3 is 0 Å². The highest BCUT2D eigenvalue weighted by Crippen LogP contribution is 2.14. The number of ketones is 1. The third kappa shape index (κ3) is 7.34. The summed E-state index contributed by atoms with van der Waals surface area (Å²) in [5.74, 6) is 1.07. The first-order valence-corrected chi connectivity index (χ1v) is 8.47. The Morgan fingerprint density at radius 3 is 2.52 bits per heavy atom. The quantitative estimate of drug-likeness (QED) is 0.450. The van der Waals surface area contributed by atoms with Crippen LogP contribution in [0.2, 0.25) is 0 Å². The monoisotopic (exact) mass is 341 g/mol. The minimum atomic E-state index is 0. The van der Waals surface area contributed by atoms with Crippen molar-refractivity contribution in [3.05, 3.63) is 29.8 Å². The summed E-state index contributed by atoms with van der Waals surface area (Å²) >= 11 is 0. The third-order valence-electron chi connectivity index (χ3n) is 4.10. The first-order chi connectivity index (χ1) is 10.8. The molecule has 1 aliphatic heterocycles. The lowest BCUT2D eigenvalue weighted by Crippen LogP contribution is -3.14. The Bertz CT molecular complexity index is 444. The topological polar surface area (TPSA) is 40.0 Å². The second kappa shape index (κ2) is 11.4. The van der Waals surface area contributed by atoms with Gasteiger partial charge in [0, 0.05) is 5.56 Å².